The van der Waals surface area contributed by atoms with Crippen LogP contribution in [0.1, 0.15) is 5.56 Å². The minimum atomic E-state index is -4.77. The number of rotatable bonds is 3. The van der Waals surface area contributed by atoms with E-state index in [1.54, 1.807) is 6.07 Å². The topological polar surface area (TPSA) is 62.3 Å². The number of aliphatic hydroxyl groups is 1. The highest BCUT2D eigenvalue weighted by molar-refractivity contribution is 5.67. The number of hydrogen-bond donors (Lipinski definition) is 2. The van der Waals surface area contributed by atoms with Crippen LogP contribution in [0, 0.1) is 0 Å². The van der Waals surface area contributed by atoms with Crippen LogP contribution in [0.4, 0.5) is 13.2 Å². The van der Waals surface area contributed by atoms with Crippen molar-refractivity contribution in [3.8, 4) is 16.9 Å². The number of nitrogens with one attached hydrogen (secondary N) is 1. The molecule has 0 unspecified atom stereocenters. The van der Waals surface area contributed by atoms with E-state index in [4.69, 9.17) is 0 Å². The molecule has 1 heterocycles. The highest BCUT2D eigenvalue weighted by atomic mass is 19.4. The number of H-pyrrole nitrogens is 1. The van der Waals surface area contributed by atoms with Gasteiger partial charge in [-0.2, -0.15) is 0 Å². The highest BCUT2D eigenvalue weighted by Gasteiger charge is 2.31. The molecular formula is C13H10F3NO3. The number of ether oxygens (including phenoxy) is 1. The molecule has 0 aliphatic carbocycles. The van der Waals surface area contributed by atoms with Crippen molar-refractivity contribution in [2.75, 3.05) is 0 Å². The molecule has 0 amide bonds. The van der Waals surface area contributed by atoms with Crippen LogP contribution < -0.4 is 10.3 Å². The normalized spacial score (nSPS) is 11.4. The molecule has 0 atom stereocenters. The fourth-order valence-electron chi connectivity index (χ4n) is 1.77. The van der Waals surface area contributed by atoms with Gasteiger partial charge >= 0.3 is 6.36 Å². The van der Waals surface area contributed by atoms with Gasteiger partial charge in [-0.1, -0.05) is 12.1 Å². The van der Waals surface area contributed by atoms with Gasteiger partial charge in [0.15, 0.2) is 0 Å². The molecule has 0 spiro atoms. The summed E-state index contributed by atoms with van der Waals surface area (Å²) in [5.74, 6) is -0.370. The summed E-state index contributed by atoms with van der Waals surface area (Å²) >= 11 is 0. The lowest BCUT2D eigenvalue weighted by Crippen LogP contribution is -2.17. The Morgan fingerprint density at radius 1 is 1.25 bits per heavy atom. The Morgan fingerprint density at radius 3 is 2.65 bits per heavy atom. The quantitative estimate of drug-likeness (QED) is 0.910. The first-order valence-corrected chi connectivity index (χ1v) is 5.58. The molecule has 0 fully saturated rings. The molecule has 4 nitrogen and oxygen atoms in total. The molecule has 0 radical (unpaired) electrons. The predicted octanol–water partition coefficient (Wildman–Crippen LogP) is 2.43. The SMILES string of the molecule is O=c1cc(CO)c(-c2cccc(OC(F)(F)F)c2)c[nH]1. The van der Waals surface area contributed by atoms with Crippen LogP contribution in [-0.4, -0.2) is 16.5 Å². The van der Waals surface area contributed by atoms with Gasteiger partial charge in [-0.15, -0.1) is 13.2 Å². The number of alkyl halides is 3. The van der Waals surface area contributed by atoms with E-state index in [1.165, 1.54) is 30.5 Å². The van der Waals surface area contributed by atoms with Gasteiger partial charge in [0.25, 0.3) is 0 Å². The second-order valence-electron chi connectivity index (χ2n) is 3.97. The lowest BCUT2D eigenvalue weighted by Gasteiger charge is -2.11. The Labute approximate surface area is 111 Å². The van der Waals surface area contributed by atoms with Crippen LogP contribution in [0.2, 0.25) is 0 Å². The summed E-state index contributed by atoms with van der Waals surface area (Å²) in [6.45, 7) is -0.399. The first-order chi connectivity index (χ1) is 9.39. The molecule has 1 aromatic carbocycles. The number of benzene rings is 1. The van der Waals surface area contributed by atoms with Crippen molar-refractivity contribution in [1.29, 1.82) is 0 Å². The van der Waals surface area contributed by atoms with Crippen LogP contribution in [0.5, 0.6) is 5.75 Å². The van der Waals surface area contributed by atoms with Crippen molar-refractivity contribution in [2.45, 2.75) is 13.0 Å². The zero-order valence-corrected chi connectivity index (χ0v) is 10.1. The molecule has 0 saturated carbocycles. The maximum absolute atomic E-state index is 12.2. The van der Waals surface area contributed by atoms with Crippen LogP contribution in [0.3, 0.4) is 0 Å². The summed E-state index contributed by atoms with van der Waals surface area (Å²) in [6, 6.07) is 6.48. The summed E-state index contributed by atoms with van der Waals surface area (Å²) in [4.78, 5) is 13.6. The summed E-state index contributed by atoms with van der Waals surface area (Å²) in [7, 11) is 0. The van der Waals surface area contributed by atoms with Crippen LogP contribution in [0.15, 0.2) is 41.3 Å². The summed E-state index contributed by atoms with van der Waals surface area (Å²) in [5, 5.41) is 9.20. The van der Waals surface area contributed by atoms with Gasteiger partial charge in [0.1, 0.15) is 5.75 Å². The average Bonchev–Trinajstić information content (AvgIpc) is 2.36. The van der Waals surface area contributed by atoms with Crippen LogP contribution >= 0.6 is 0 Å². The standard InChI is InChI=1S/C13H10F3NO3/c14-13(15,16)20-10-3-1-2-8(4-10)11-6-17-12(19)5-9(11)7-18/h1-6,18H,7H2,(H,17,19). The summed E-state index contributed by atoms with van der Waals surface area (Å²) < 4.78 is 40.3. The Bertz CT molecular complexity index is 664. The minimum Gasteiger partial charge on any atom is -0.406 e. The van der Waals surface area contributed by atoms with Gasteiger partial charge in [-0.3, -0.25) is 4.79 Å². The molecule has 0 aliphatic rings. The highest BCUT2D eigenvalue weighted by Crippen LogP contribution is 2.29. The largest absolute Gasteiger partial charge is 0.573 e. The van der Waals surface area contributed by atoms with E-state index in [1.807, 2.05) is 0 Å². The first-order valence-electron chi connectivity index (χ1n) is 5.58. The van der Waals surface area contributed by atoms with Gasteiger partial charge in [-0.05, 0) is 23.3 Å². The lowest BCUT2D eigenvalue weighted by molar-refractivity contribution is -0.274. The second kappa shape index (κ2) is 5.38. The number of aromatic nitrogens is 1. The van der Waals surface area contributed by atoms with Crippen molar-refractivity contribution in [1.82, 2.24) is 4.98 Å². The van der Waals surface area contributed by atoms with E-state index >= 15 is 0 Å². The Hall–Kier alpha value is -2.28. The lowest BCUT2D eigenvalue weighted by atomic mass is 10.0. The smallest absolute Gasteiger partial charge is 0.406 e. The van der Waals surface area contributed by atoms with Gasteiger partial charge < -0.3 is 14.8 Å². The summed E-state index contributed by atoms with van der Waals surface area (Å²) in [5.41, 5.74) is 0.741. The maximum Gasteiger partial charge on any atom is 0.573 e. The number of halogens is 3. The van der Waals surface area contributed by atoms with Gasteiger partial charge in [0.2, 0.25) is 5.56 Å². The molecule has 0 aliphatic heterocycles. The molecule has 106 valence electrons. The molecule has 20 heavy (non-hydrogen) atoms. The predicted molar refractivity (Wildman–Crippen MR) is 65.1 cm³/mol. The van der Waals surface area contributed by atoms with Crippen molar-refractivity contribution in [3.63, 3.8) is 0 Å². The third-order valence-corrected chi connectivity index (χ3v) is 2.56. The second-order valence-corrected chi connectivity index (χ2v) is 3.97. The molecule has 2 aromatic rings. The van der Waals surface area contributed by atoms with Gasteiger partial charge in [0.05, 0.1) is 6.61 Å². The summed E-state index contributed by atoms with van der Waals surface area (Å²) in [6.07, 6.45) is -3.44. The van der Waals surface area contributed by atoms with Crippen molar-refractivity contribution < 1.29 is 23.0 Å². The first kappa shape index (κ1) is 14.1. The Balaban J connectivity index is 2.43. The Kier molecular flexibility index (Phi) is 3.80. The maximum atomic E-state index is 12.2. The molecule has 1 aromatic heterocycles. The third-order valence-electron chi connectivity index (χ3n) is 2.56. The molecule has 0 saturated heterocycles. The monoisotopic (exact) mass is 285 g/mol. The Morgan fingerprint density at radius 2 is 2.00 bits per heavy atom. The van der Waals surface area contributed by atoms with Gasteiger partial charge in [0, 0.05) is 17.8 Å². The fourth-order valence-corrected chi connectivity index (χ4v) is 1.77. The third kappa shape index (κ3) is 3.39. The van der Waals surface area contributed by atoms with Crippen molar-refractivity contribution >= 4 is 0 Å². The molecule has 0 bridgehead atoms. The van der Waals surface area contributed by atoms with Crippen LogP contribution in [-0.2, 0) is 6.61 Å². The average molecular weight is 285 g/mol. The molecular weight excluding hydrogens is 275 g/mol. The molecule has 2 rings (SSSR count). The molecule has 2 N–H and O–H groups in total. The van der Waals surface area contributed by atoms with E-state index in [-0.39, 0.29) is 5.75 Å². The van der Waals surface area contributed by atoms with E-state index in [0.29, 0.717) is 16.7 Å². The number of aliphatic hydroxyl groups excluding tert-OH is 1. The zero-order valence-electron chi connectivity index (χ0n) is 10.1. The van der Waals surface area contributed by atoms with Crippen LogP contribution in [0.25, 0.3) is 11.1 Å². The zero-order chi connectivity index (χ0) is 14.8. The van der Waals surface area contributed by atoms with Crippen molar-refractivity contribution in [3.05, 3.63) is 52.4 Å². The van der Waals surface area contributed by atoms with E-state index in [9.17, 15) is 23.1 Å². The van der Waals surface area contributed by atoms with E-state index < -0.39 is 18.5 Å². The van der Waals surface area contributed by atoms with E-state index in [0.717, 1.165) is 0 Å². The fraction of sp³-hybridized carbons (Fsp3) is 0.154. The number of pyridine rings is 1. The number of hydrogen-bond acceptors (Lipinski definition) is 3. The minimum absolute atomic E-state index is 0.318. The van der Waals surface area contributed by atoms with Crippen molar-refractivity contribution in [2.24, 2.45) is 0 Å². The molecule has 7 heteroatoms. The number of aromatic amines is 1. The van der Waals surface area contributed by atoms with Gasteiger partial charge in [-0.25, -0.2) is 0 Å². The van der Waals surface area contributed by atoms with E-state index in [2.05, 4.69) is 9.72 Å².